The van der Waals surface area contributed by atoms with E-state index in [1.807, 2.05) is 6.07 Å². The molecule has 0 saturated carbocycles. The quantitative estimate of drug-likeness (QED) is 0.583. The highest BCUT2D eigenvalue weighted by Gasteiger charge is 2.53. The summed E-state index contributed by atoms with van der Waals surface area (Å²) in [7, 11) is 4.84. The molecule has 5 rings (SSSR count). The van der Waals surface area contributed by atoms with Crippen LogP contribution in [-0.4, -0.2) is 61.2 Å². The number of nitrogens with zero attached hydrogens (tertiary/aromatic N) is 2. The van der Waals surface area contributed by atoms with Gasteiger partial charge in [-0.3, -0.25) is 24.5 Å². The summed E-state index contributed by atoms with van der Waals surface area (Å²) in [6.45, 7) is 0.285. The topological polar surface area (TPSA) is 109 Å². The van der Waals surface area contributed by atoms with Crippen molar-refractivity contribution in [2.24, 2.45) is 0 Å². The maximum atomic E-state index is 13.2. The Hall–Kier alpha value is -4.14. The zero-order valence-electron chi connectivity index (χ0n) is 19.0. The van der Waals surface area contributed by atoms with Crippen molar-refractivity contribution in [3.05, 3.63) is 64.9 Å². The van der Waals surface area contributed by atoms with Crippen molar-refractivity contribution in [3.8, 4) is 5.75 Å². The molecule has 2 aliphatic rings. The van der Waals surface area contributed by atoms with Gasteiger partial charge in [0, 0.05) is 43.7 Å². The number of fused-ring (bicyclic) bond motifs is 2. The Morgan fingerprint density at radius 3 is 2.62 bits per heavy atom. The van der Waals surface area contributed by atoms with Crippen molar-refractivity contribution < 1.29 is 28.3 Å². The van der Waals surface area contributed by atoms with Gasteiger partial charge in [-0.25, -0.2) is 0 Å². The van der Waals surface area contributed by atoms with E-state index in [-0.39, 0.29) is 30.5 Å². The average molecular weight is 461 g/mol. The lowest BCUT2D eigenvalue weighted by molar-refractivity contribution is -0.127. The van der Waals surface area contributed by atoms with Gasteiger partial charge in [-0.2, -0.15) is 0 Å². The SMILES string of the molecule is COc1ccc2c(c1)C(=O)N(C[C@@]1(c3cc4ccc(C(=O)N(C)C)cc4o3)CC(=O)NC1=O)C2. The van der Waals surface area contributed by atoms with Crippen LogP contribution in [0.15, 0.2) is 46.9 Å². The molecule has 0 unspecified atom stereocenters. The van der Waals surface area contributed by atoms with E-state index in [4.69, 9.17) is 9.15 Å². The van der Waals surface area contributed by atoms with Gasteiger partial charge < -0.3 is 19.0 Å². The minimum Gasteiger partial charge on any atom is -0.497 e. The second-order valence-electron chi connectivity index (χ2n) is 8.88. The van der Waals surface area contributed by atoms with Gasteiger partial charge >= 0.3 is 0 Å². The Balaban J connectivity index is 1.53. The van der Waals surface area contributed by atoms with Crippen molar-refractivity contribution in [1.82, 2.24) is 15.1 Å². The monoisotopic (exact) mass is 461 g/mol. The van der Waals surface area contributed by atoms with Crippen LogP contribution in [0.25, 0.3) is 11.0 Å². The molecular formula is C25H23N3O6. The van der Waals surface area contributed by atoms with Gasteiger partial charge in [0.1, 0.15) is 22.5 Å². The second kappa shape index (κ2) is 7.72. The number of hydrogen-bond donors (Lipinski definition) is 1. The number of methoxy groups -OCH3 is 1. The zero-order valence-corrected chi connectivity index (χ0v) is 19.0. The standard InChI is InChI=1S/C25H23N3O6/c1-27(2)22(30)15-5-4-14-9-20(34-19(14)8-15)25(11-21(29)26-24(25)32)13-28-12-16-6-7-17(33-3)10-18(16)23(28)31/h4-10H,11-13H2,1-3H3,(H,26,29,32)/t25-/m1/s1. The van der Waals surface area contributed by atoms with Gasteiger partial charge in [-0.1, -0.05) is 12.1 Å². The number of amides is 4. The molecule has 2 aliphatic heterocycles. The minimum atomic E-state index is -1.37. The molecule has 9 nitrogen and oxygen atoms in total. The van der Waals surface area contributed by atoms with Crippen LogP contribution in [0.4, 0.5) is 0 Å². The lowest BCUT2D eigenvalue weighted by Gasteiger charge is -2.28. The highest BCUT2D eigenvalue weighted by Crippen LogP contribution is 2.39. The molecule has 1 fully saturated rings. The van der Waals surface area contributed by atoms with E-state index in [1.54, 1.807) is 55.4 Å². The Bertz CT molecular complexity index is 1370. The number of nitrogens with one attached hydrogen (secondary N) is 1. The van der Waals surface area contributed by atoms with Gasteiger partial charge in [0.25, 0.3) is 11.8 Å². The van der Waals surface area contributed by atoms with Gasteiger partial charge in [0.15, 0.2) is 0 Å². The molecule has 0 bridgehead atoms. The van der Waals surface area contributed by atoms with Crippen molar-refractivity contribution in [2.75, 3.05) is 27.7 Å². The molecule has 2 aromatic carbocycles. The molecule has 0 aliphatic carbocycles. The average Bonchev–Trinajstić information content (AvgIpc) is 3.46. The molecular weight excluding hydrogens is 438 g/mol. The first kappa shape index (κ1) is 21.7. The first-order valence-corrected chi connectivity index (χ1v) is 10.8. The largest absolute Gasteiger partial charge is 0.497 e. The first-order chi connectivity index (χ1) is 16.2. The Morgan fingerprint density at radius 1 is 1.15 bits per heavy atom. The molecule has 0 spiro atoms. The fourth-order valence-electron chi connectivity index (χ4n) is 4.63. The van der Waals surface area contributed by atoms with Gasteiger partial charge in [0.05, 0.1) is 13.5 Å². The second-order valence-corrected chi connectivity index (χ2v) is 8.88. The zero-order chi connectivity index (χ0) is 24.2. The molecule has 9 heteroatoms. The predicted octanol–water partition coefficient (Wildman–Crippen LogP) is 2.08. The van der Waals surface area contributed by atoms with Gasteiger partial charge in [-0.05, 0) is 35.9 Å². The van der Waals surface area contributed by atoms with Gasteiger partial charge in [0.2, 0.25) is 11.8 Å². The summed E-state index contributed by atoms with van der Waals surface area (Å²) in [5.41, 5.74) is 0.829. The Morgan fingerprint density at radius 2 is 1.94 bits per heavy atom. The van der Waals surface area contributed by atoms with Crippen LogP contribution in [0, 0.1) is 0 Å². The summed E-state index contributed by atoms with van der Waals surface area (Å²) in [6.07, 6.45) is -0.140. The van der Waals surface area contributed by atoms with Crippen LogP contribution >= 0.6 is 0 Å². The predicted molar refractivity (Wildman–Crippen MR) is 121 cm³/mol. The molecule has 0 radical (unpaired) electrons. The van der Waals surface area contributed by atoms with Crippen molar-refractivity contribution in [3.63, 3.8) is 0 Å². The molecule has 3 heterocycles. The van der Waals surface area contributed by atoms with Crippen LogP contribution in [0.1, 0.15) is 38.5 Å². The summed E-state index contributed by atoms with van der Waals surface area (Å²) in [4.78, 5) is 53.9. The molecule has 3 aromatic rings. The fraction of sp³-hybridized carbons (Fsp3) is 0.280. The maximum Gasteiger partial charge on any atom is 0.254 e. The number of ether oxygens (including phenoxy) is 1. The normalized spacial score (nSPS) is 19.5. The molecule has 1 N–H and O–H groups in total. The molecule has 34 heavy (non-hydrogen) atoms. The molecule has 4 amide bonds. The van der Waals surface area contributed by atoms with E-state index >= 15 is 0 Å². The van der Waals surface area contributed by atoms with Crippen molar-refractivity contribution in [1.29, 1.82) is 0 Å². The smallest absolute Gasteiger partial charge is 0.254 e. The lowest BCUT2D eigenvalue weighted by Crippen LogP contribution is -2.46. The van der Waals surface area contributed by atoms with E-state index in [1.165, 1.54) is 12.0 Å². The van der Waals surface area contributed by atoms with Crippen LogP contribution in [0.2, 0.25) is 0 Å². The summed E-state index contributed by atoms with van der Waals surface area (Å²) in [5.74, 6) is -0.517. The number of carbonyl (C=O) groups excluding carboxylic acids is 4. The number of hydrogen-bond acceptors (Lipinski definition) is 6. The van der Waals surface area contributed by atoms with Crippen LogP contribution in [0.3, 0.4) is 0 Å². The van der Waals surface area contributed by atoms with Crippen LogP contribution in [-0.2, 0) is 21.5 Å². The maximum absolute atomic E-state index is 13.2. The fourth-order valence-corrected chi connectivity index (χ4v) is 4.63. The third-order valence-electron chi connectivity index (χ3n) is 6.45. The number of benzene rings is 2. The molecule has 174 valence electrons. The van der Waals surface area contributed by atoms with Crippen molar-refractivity contribution >= 4 is 34.6 Å². The summed E-state index contributed by atoms with van der Waals surface area (Å²) in [5, 5.41) is 3.06. The van der Waals surface area contributed by atoms with E-state index < -0.39 is 17.2 Å². The summed E-state index contributed by atoms with van der Waals surface area (Å²) < 4.78 is 11.3. The Kier molecular flexibility index (Phi) is 4.93. The number of carbonyl (C=O) groups is 4. The van der Waals surface area contributed by atoms with E-state index in [2.05, 4.69) is 5.32 Å². The van der Waals surface area contributed by atoms with Gasteiger partial charge in [-0.15, -0.1) is 0 Å². The third-order valence-corrected chi connectivity index (χ3v) is 6.45. The van der Waals surface area contributed by atoms with E-state index in [9.17, 15) is 19.2 Å². The molecule has 1 atom stereocenters. The third kappa shape index (κ3) is 3.32. The van der Waals surface area contributed by atoms with Crippen LogP contribution < -0.4 is 10.1 Å². The first-order valence-electron chi connectivity index (χ1n) is 10.8. The minimum absolute atomic E-state index is 0.0241. The van der Waals surface area contributed by atoms with Crippen molar-refractivity contribution in [2.45, 2.75) is 18.4 Å². The number of imide groups is 1. The highest BCUT2D eigenvalue weighted by molar-refractivity contribution is 6.10. The Labute approximate surface area is 195 Å². The van der Waals surface area contributed by atoms with Crippen LogP contribution in [0.5, 0.6) is 5.75 Å². The van der Waals surface area contributed by atoms with E-state index in [0.29, 0.717) is 34.4 Å². The summed E-state index contributed by atoms with van der Waals surface area (Å²) >= 11 is 0. The van der Waals surface area contributed by atoms with E-state index in [0.717, 1.165) is 5.56 Å². The molecule has 1 saturated heterocycles. The number of rotatable bonds is 5. The summed E-state index contributed by atoms with van der Waals surface area (Å²) in [6, 6.07) is 12.0. The molecule has 1 aromatic heterocycles. The lowest BCUT2D eigenvalue weighted by atomic mass is 9.82. The highest BCUT2D eigenvalue weighted by atomic mass is 16.5. The number of furan rings is 1.